The van der Waals surface area contributed by atoms with Crippen LogP contribution in [0.2, 0.25) is 0 Å². The predicted molar refractivity (Wildman–Crippen MR) is 129 cm³/mol. The lowest BCUT2D eigenvalue weighted by Gasteiger charge is -2.38. The summed E-state index contributed by atoms with van der Waals surface area (Å²) >= 11 is 0. The number of piperidine rings is 1. The van der Waals surface area contributed by atoms with Gasteiger partial charge < -0.3 is 15.2 Å². The van der Waals surface area contributed by atoms with Gasteiger partial charge >= 0.3 is 0 Å². The molecular weight excluding hydrogens is 435 g/mol. The Bertz CT molecular complexity index is 1280. The largest absolute Gasteiger partial charge is 0.369 e. The number of nitrogens with zero attached hydrogens (tertiary/aromatic N) is 4. The third-order valence-corrected chi connectivity index (χ3v) is 7.19. The standard InChI is InChI=1S/C25H29FN6O2/c1-15-22(13-28-23(29-15)25(34)27-2)31-9-6-19(7-10-31)32-8-5-17(14-32)21-11-16-3-4-18(26)12-20(16)24(33)30-21/h3-4,11-13,17,19H,5-10,14H2,1-2H3,(H,27,34)(H,30,33). The molecule has 2 aromatic heterocycles. The highest BCUT2D eigenvalue weighted by atomic mass is 19.1. The monoisotopic (exact) mass is 464 g/mol. The summed E-state index contributed by atoms with van der Waals surface area (Å²) in [6.45, 7) is 5.65. The minimum atomic E-state index is -0.395. The van der Waals surface area contributed by atoms with Crippen molar-refractivity contribution in [1.29, 1.82) is 0 Å². The van der Waals surface area contributed by atoms with Gasteiger partial charge in [0.25, 0.3) is 11.5 Å². The molecule has 178 valence electrons. The van der Waals surface area contributed by atoms with Crippen LogP contribution >= 0.6 is 0 Å². The van der Waals surface area contributed by atoms with Gasteiger partial charge in [0.15, 0.2) is 0 Å². The van der Waals surface area contributed by atoms with E-state index in [9.17, 15) is 14.0 Å². The number of amides is 1. The lowest BCUT2D eigenvalue weighted by atomic mass is 10.0. The molecule has 1 amide bonds. The van der Waals surface area contributed by atoms with Crippen LogP contribution in [0.1, 0.15) is 47.2 Å². The number of anilines is 1. The number of fused-ring (bicyclic) bond motifs is 1. The maximum atomic E-state index is 13.5. The summed E-state index contributed by atoms with van der Waals surface area (Å²) in [6, 6.07) is 6.87. The molecule has 0 spiro atoms. The van der Waals surface area contributed by atoms with Crippen molar-refractivity contribution >= 4 is 22.4 Å². The van der Waals surface area contributed by atoms with Crippen molar-refractivity contribution in [3.63, 3.8) is 0 Å². The Morgan fingerprint density at radius 1 is 1.18 bits per heavy atom. The van der Waals surface area contributed by atoms with Crippen LogP contribution in [0.15, 0.2) is 35.3 Å². The number of aryl methyl sites for hydroxylation is 1. The van der Waals surface area contributed by atoms with E-state index in [0.717, 1.165) is 67.9 Å². The maximum Gasteiger partial charge on any atom is 0.288 e. The Labute approximate surface area is 197 Å². The van der Waals surface area contributed by atoms with Crippen molar-refractivity contribution < 1.29 is 9.18 Å². The van der Waals surface area contributed by atoms with Crippen LogP contribution in [0, 0.1) is 12.7 Å². The number of H-pyrrole nitrogens is 1. The molecule has 4 heterocycles. The second-order valence-electron chi connectivity index (χ2n) is 9.23. The number of likely N-dealkylation sites (tertiary alicyclic amines) is 1. The average molecular weight is 465 g/mol. The first-order valence-electron chi connectivity index (χ1n) is 11.8. The normalized spacial score (nSPS) is 19.6. The van der Waals surface area contributed by atoms with Crippen LogP contribution in [0.25, 0.3) is 10.8 Å². The van der Waals surface area contributed by atoms with Gasteiger partial charge in [0, 0.05) is 49.7 Å². The number of hydrogen-bond donors (Lipinski definition) is 2. The smallest absolute Gasteiger partial charge is 0.288 e. The van der Waals surface area contributed by atoms with Crippen molar-refractivity contribution in [2.45, 2.75) is 38.1 Å². The van der Waals surface area contributed by atoms with E-state index in [4.69, 9.17) is 0 Å². The highest BCUT2D eigenvalue weighted by Crippen LogP contribution is 2.32. The second kappa shape index (κ2) is 9.13. The zero-order chi connectivity index (χ0) is 23.8. The fourth-order valence-corrected chi connectivity index (χ4v) is 5.31. The van der Waals surface area contributed by atoms with Crippen LogP contribution in [0.5, 0.6) is 0 Å². The zero-order valence-corrected chi connectivity index (χ0v) is 19.5. The third-order valence-electron chi connectivity index (χ3n) is 7.19. The molecule has 2 aliphatic heterocycles. The lowest BCUT2D eigenvalue weighted by molar-refractivity contribution is 0.0952. The molecule has 1 atom stereocenters. The number of rotatable bonds is 4. The number of aromatic nitrogens is 3. The van der Waals surface area contributed by atoms with E-state index < -0.39 is 5.82 Å². The zero-order valence-electron chi connectivity index (χ0n) is 19.5. The van der Waals surface area contributed by atoms with Crippen molar-refractivity contribution in [2.75, 3.05) is 38.1 Å². The van der Waals surface area contributed by atoms with Gasteiger partial charge in [-0.3, -0.25) is 14.5 Å². The van der Waals surface area contributed by atoms with Crippen LogP contribution in [0.3, 0.4) is 0 Å². The van der Waals surface area contributed by atoms with Gasteiger partial charge in [-0.1, -0.05) is 6.07 Å². The number of pyridine rings is 1. The Kier molecular flexibility index (Phi) is 6.03. The first-order chi connectivity index (χ1) is 16.4. The van der Waals surface area contributed by atoms with E-state index in [-0.39, 0.29) is 23.2 Å². The molecule has 2 fully saturated rings. The van der Waals surface area contributed by atoms with E-state index >= 15 is 0 Å². The number of benzene rings is 1. The molecule has 1 aromatic carbocycles. The molecule has 0 saturated carbocycles. The number of nitrogens with one attached hydrogen (secondary N) is 2. The van der Waals surface area contributed by atoms with Gasteiger partial charge in [0.2, 0.25) is 5.82 Å². The molecule has 0 bridgehead atoms. The molecule has 9 heteroatoms. The van der Waals surface area contributed by atoms with E-state index in [1.807, 2.05) is 13.0 Å². The van der Waals surface area contributed by atoms with E-state index in [2.05, 4.69) is 30.1 Å². The Morgan fingerprint density at radius 2 is 1.97 bits per heavy atom. The quantitative estimate of drug-likeness (QED) is 0.617. The van der Waals surface area contributed by atoms with Gasteiger partial charge in [0.1, 0.15) is 5.82 Å². The first-order valence-corrected chi connectivity index (χ1v) is 11.8. The molecule has 2 saturated heterocycles. The summed E-state index contributed by atoms with van der Waals surface area (Å²) < 4.78 is 13.5. The number of hydrogen-bond acceptors (Lipinski definition) is 6. The molecule has 8 nitrogen and oxygen atoms in total. The van der Waals surface area contributed by atoms with E-state index in [1.165, 1.54) is 12.1 Å². The number of carbonyl (C=O) groups is 1. The summed E-state index contributed by atoms with van der Waals surface area (Å²) in [6.07, 6.45) is 4.82. The number of aromatic amines is 1. The van der Waals surface area contributed by atoms with Gasteiger partial charge in [-0.05, 0) is 56.3 Å². The molecule has 2 N–H and O–H groups in total. The van der Waals surface area contributed by atoms with Crippen molar-refractivity contribution in [2.24, 2.45) is 0 Å². The topological polar surface area (TPSA) is 94.2 Å². The minimum Gasteiger partial charge on any atom is -0.369 e. The van der Waals surface area contributed by atoms with Crippen molar-refractivity contribution in [1.82, 2.24) is 25.2 Å². The van der Waals surface area contributed by atoms with E-state index in [0.29, 0.717) is 11.4 Å². The molecule has 5 rings (SSSR count). The van der Waals surface area contributed by atoms with Gasteiger partial charge in [-0.15, -0.1) is 0 Å². The lowest BCUT2D eigenvalue weighted by Crippen LogP contribution is -2.44. The molecule has 3 aromatic rings. The molecule has 2 aliphatic rings. The maximum absolute atomic E-state index is 13.5. The van der Waals surface area contributed by atoms with Crippen LogP contribution < -0.4 is 15.8 Å². The number of halogens is 1. The van der Waals surface area contributed by atoms with Gasteiger partial charge in [-0.2, -0.15) is 0 Å². The van der Waals surface area contributed by atoms with Gasteiger partial charge in [0.05, 0.1) is 17.6 Å². The van der Waals surface area contributed by atoms with E-state index in [1.54, 1.807) is 19.3 Å². The van der Waals surface area contributed by atoms with Crippen LogP contribution in [-0.4, -0.2) is 65.0 Å². The summed E-state index contributed by atoms with van der Waals surface area (Å²) in [4.78, 5) is 40.7. The highest BCUT2D eigenvalue weighted by Gasteiger charge is 2.32. The fourth-order valence-electron chi connectivity index (χ4n) is 5.31. The average Bonchev–Trinajstić information content (AvgIpc) is 3.34. The summed E-state index contributed by atoms with van der Waals surface area (Å²) in [7, 11) is 1.57. The van der Waals surface area contributed by atoms with Crippen molar-refractivity contribution in [3.05, 3.63) is 63.8 Å². The third kappa shape index (κ3) is 4.27. The highest BCUT2D eigenvalue weighted by molar-refractivity contribution is 5.90. The summed E-state index contributed by atoms with van der Waals surface area (Å²) in [5.74, 6) is -0.211. The Balaban J connectivity index is 1.22. The van der Waals surface area contributed by atoms with Crippen LogP contribution in [0.4, 0.5) is 10.1 Å². The van der Waals surface area contributed by atoms with Gasteiger partial charge in [-0.25, -0.2) is 14.4 Å². The molecule has 0 radical (unpaired) electrons. The molecule has 0 aliphatic carbocycles. The molecule has 34 heavy (non-hydrogen) atoms. The van der Waals surface area contributed by atoms with Crippen molar-refractivity contribution in [3.8, 4) is 0 Å². The number of carbonyl (C=O) groups excluding carboxylic acids is 1. The first kappa shape index (κ1) is 22.5. The summed E-state index contributed by atoms with van der Waals surface area (Å²) in [5.41, 5.74) is 2.51. The Morgan fingerprint density at radius 3 is 2.71 bits per heavy atom. The minimum absolute atomic E-state index is 0.193. The molecule has 1 unspecified atom stereocenters. The second-order valence-corrected chi connectivity index (χ2v) is 9.23. The fraction of sp³-hybridized carbons (Fsp3) is 0.440. The predicted octanol–water partition coefficient (Wildman–Crippen LogP) is 2.58. The Hall–Kier alpha value is -3.33. The molecular formula is C25H29FN6O2. The summed E-state index contributed by atoms with van der Waals surface area (Å²) in [5, 5.41) is 3.74. The van der Waals surface area contributed by atoms with Crippen LogP contribution in [-0.2, 0) is 0 Å². The SMILES string of the molecule is CNC(=O)c1ncc(N2CCC(N3CCC(c4cc5ccc(F)cc5c(=O)[nH]4)C3)CC2)c(C)n1.